The molecule has 1 amide bonds. The lowest BCUT2D eigenvalue weighted by Gasteiger charge is -2.25. The largest absolute Gasteiger partial charge is 0.480 e. The molecule has 0 aromatic rings. The van der Waals surface area contributed by atoms with E-state index >= 15 is 0 Å². The van der Waals surface area contributed by atoms with E-state index in [1.807, 2.05) is 19.0 Å². The fraction of sp³-hybridized carbons (Fsp3) is 0.750. The van der Waals surface area contributed by atoms with Gasteiger partial charge in [-0.15, -0.1) is 0 Å². The van der Waals surface area contributed by atoms with Crippen LogP contribution in [0.2, 0.25) is 0 Å². The van der Waals surface area contributed by atoms with Crippen LogP contribution in [-0.4, -0.2) is 124 Å². The molecule has 11 nitrogen and oxygen atoms in total. The van der Waals surface area contributed by atoms with Crippen LogP contribution in [0.15, 0.2) is 0 Å². The van der Waals surface area contributed by atoms with E-state index < -0.39 is 17.9 Å². The van der Waals surface area contributed by atoms with Crippen molar-refractivity contribution in [3.8, 4) is 0 Å². The van der Waals surface area contributed by atoms with E-state index in [0.29, 0.717) is 13.1 Å². The van der Waals surface area contributed by atoms with E-state index in [9.17, 15) is 19.2 Å². The Morgan fingerprint density at radius 1 is 0.815 bits per heavy atom. The van der Waals surface area contributed by atoms with Gasteiger partial charge in [-0.2, -0.15) is 0 Å². The average Bonchev–Trinajstić information content (AvgIpc) is 2.58. The van der Waals surface area contributed by atoms with Crippen molar-refractivity contribution in [1.29, 1.82) is 0 Å². The molecule has 0 saturated carbocycles. The maximum Gasteiger partial charge on any atom is 0.319 e. The van der Waals surface area contributed by atoms with Gasteiger partial charge in [0.15, 0.2) is 0 Å². The van der Waals surface area contributed by atoms with Crippen molar-refractivity contribution < 1.29 is 33.8 Å². The van der Waals surface area contributed by atoms with Gasteiger partial charge in [-0.05, 0) is 14.1 Å². The van der Waals surface area contributed by atoms with Crippen LogP contribution in [0, 0.1) is 0 Å². The normalized spacial score (nSPS) is 10.9. The van der Waals surface area contributed by atoms with Crippen LogP contribution in [0.3, 0.4) is 0 Å². The summed E-state index contributed by atoms with van der Waals surface area (Å²) < 4.78 is 9.18. The number of amides is 1. The highest BCUT2D eigenvalue weighted by Crippen LogP contribution is 1.96. The van der Waals surface area contributed by atoms with E-state index in [-0.39, 0.29) is 45.2 Å². The van der Waals surface area contributed by atoms with Crippen LogP contribution in [-0.2, 0) is 28.7 Å². The topological polar surface area (TPSA) is 129 Å². The minimum absolute atomic E-state index is 0.0539. The molecular formula is C16H30N4O7. The molecule has 0 bridgehead atoms. The van der Waals surface area contributed by atoms with Gasteiger partial charge in [0.2, 0.25) is 5.91 Å². The highest BCUT2D eigenvalue weighted by molar-refractivity contribution is 5.79. The zero-order valence-electron chi connectivity index (χ0n) is 16.4. The number of carbonyl (C=O) groups is 4. The number of rotatable bonds is 14. The SMILES string of the molecule is COC(=O)CN(CCN(CC(=O)NCCN(C)C)CC(=O)OC)CC(=O)O. The van der Waals surface area contributed by atoms with Crippen LogP contribution < -0.4 is 5.32 Å². The van der Waals surface area contributed by atoms with Gasteiger partial charge in [0.05, 0.1) is 40.4 Å². The molecular weight excluding hydrogens is 360 g/mol. The molecule has 0 atom stereocenters. The summed E-state index contributed by atoms with van der Waals surface area (Å²) in [6.07, 6.45) is 0. The first kappa shape index (κ1) is 24.8. The second-order valence-corrected chi connectivity index (χ2v) is 6.12. The predicted octanol–water partition coefficient (Wildman–Crippen LogP) is -2.30. The number of aliphatic carboxylic acids is 1. The van der Waals surface area contributed by atoms with E-state index in [0.717, 1.165) is 0 Å². The quantitative estimate of drug-likeness (QED) is 0.312. The number of carboxylic acid groups (broad SMARTS) is 1. The fourth-order valence-electron chi connectivity index (χ4n) is 2.07. The highest BCUT2D eigenvalue weighted by Gasteiger charge is 2.19. The number of hydrogen-bond acceptors (Lipinski definition) is 9. The van der Waals surface area contributed by atoms with E-state index in [1.165, 1.54) is 24.0 Å². The fourth-order valence-corrected chi connectivity index (χ4v) is 2.07. The molecule has 2 N–H and O–H groups in total. The summed E-state index contributed by atoms with van der Waals surface area (Å²) in [4.78, 5) is 50.8. The Morgan fingerprint density at radius 2 is 1.30 bits per heavy atom. The molecule has 27 heavy (non-hydrogen) atoms. The van der Waals surface area contributed by atoms with Crippen LogP contribution in [0.1, 0.15) is 0 Å². The maximum absolute atomic E-state index is 12.0. The van der Waals surface area contributed by atoms with Crippen LogP contribution in [0.25, 0.3) is 0 Å². The molecule has 0 saturated heterocycles. The summed E-state index contributed by atoms with van der Waals surface area (Å²) in [6, 6.07) is 0. The molecule has 0 rings (SSSR count). The Morgan fingerprint density at radius 3 is 1.70 bits per heavy atom. The predicted molar refractivity (Wildman–Crippen MR) is 96.1 cm³/mol. The summed E-state index contributed by atoms with van der Waals surface area (Å²) in [5.41, 5.74) is 0. The summed E-state index contributed by atoms with van der Waals surface area (Å²) in [5.74, 6) is -2.45. The Kier molecular flexibility index (Phi) is 12.7. The zero-order valence-corrected chi connectivity index (χ0v) is 16.4. The van der Waals surface area contributed by atoms with Crippen LogP contribution in [0.4, 0.5) is 0 Å². The molecule has 0 aromatic carbocycles. The second-order valence-electron chi connectivity index (χ2n) is 6.12. The number of likely N-dealkylation sites (N-methyl/N-ethyl adjacent to an activating group) is 1. The van der Waals surface area contributed by atoms with Crippen LogP contribution >= 0.6 is 0 Å². The van der Waals surface area contributed by atoms with Gasteiger partial charge in [-0.25, -0.2) is 0 Å². The summed E-state index contributed by atoms with van der Waals surface area (Å²) in [5, 5.41) is 11.7. The van der Waals surface area contributed by atoms with Crippen molar-refractivity contribution in [2.45, 2.75) is 0 Å². The van der Waals surface area contributed by atoms with Gasteiger partial charge in [0.25, 0.3) is 0 Å². The third kappa shape index (κ3) is 13.6. The lowest BCUT2D eigenvalue weighted by atomic mass is 10.3. The van der Waals surface area contributed by atoms with Crippen molar-refractivity contribution >= 4 is 23.8 Å². The van der Waals surface area contributed by atoms with Crippen molar-refractivity contribution in [1.82, 2.24) is 20.0 Å². The number of hydrogen-bond donors (Lipinski definition) is 2. The Hall–Kier alpha value is -2.24. The van der Waals surface area contributed by atoms with Gasteiger partial charge in [0.1, 0.15) is 0 Å². The molecule has 11 heteroatoms. The van der Waals surface area contributed by atoms with Gasteiger partial charge in [-0.1, -0.05) is 0 Å². The number of nitrogens with zero attached hydrogens (tertiary/aromatic N) is 3. The molecule has 0 aromatic heterocycles. The van der Waals surface area contributed by atoms with E-state index in [2.05, 4.69) is 14.8 Å². The number of ether oxygens (including phenoxy) is 2. The third-order valence-corrected chi connectivity index (χ3v) is 3.50. The van der Waals surface area contributed by atoms with Crippen LogP contribution in [0.5, 0.6) is 0 Å². The molecule has 0 heterocycles. The van der Waals surface area contributed by atoms with E-state index in [4.69, 9.17) is 5.11 Å². The number of methoxy groups -OCH3 is 2. The second kappa shape index (κ2) is 13.9. The number of esters is 2. The van der Waals surface area contributed by atoms with E-state index in [1.54, 1.807) is 0 Å². The van der Waals surface area contributed by atoms with Gasteiger partial charge in [-0.3, -0.25) is 29.0 Å². The average molecular weight is 390 g/mol. The van der Waals surface area contributed by atoms with Crippen molar-refractivity contribution in [3.05, 3.63) is 0 Å². The highest BCUT2D eigenvalue weighted by atomic mass is 16.5. The molecule has 0 fully saturated rings. The van der Waals surface area contributed by atoms with Crippen molar-refractivity contribution in [2.24, 2.45) is 0 Å². The Labute approximate surface area is 159 Å². The number of carboxylic acids is 1. The molecule has 0 aliphatic rings. The molecule has 0 aliphatic carbocycles. The molecule has 0 aliphatic heterocycles. The van der Waals surface area contributed by atoms with Gasteiger partial charge >= 0.3 is 17.9 Å². The smallest absolute Gasteiger partial charge is 0.319 e. The lowest BCUT2D eigenvalue weighted by molar-refractivity contribution is -0.146. The minimum Gasteiger partial charge on any atom is -0.480 e. The molecule has 156 valence electrons. The number of nitrogens with one attached hydrogen (secondary N) is 1. The minimum atomic E-state index is -1.10. The van der Waals surface area contributed by atoms with Gasteiger partial charge < -0.3 is 24.8 Å². The Bertz CT molecular complexity index is 499. The van der Waals surface area contributed by atoms with Gasteiger partial charge in [0, 0.05) is 26.2 Å². The molecule has 0 radical (unpaired) electrons. The zero-order chi connectivity index (χ0) is 20.8. The van der Waals surface area contributed by atoms with Crippen molar-refractivity contribution in [2.75, 3.05) is 80.7 Å². The maximum atomic E-state index is 12.0. The van der Waals surface area contributed by atoms with Crippen molar-refractivity contribution in [3.63, 3.8) is 0 Å². The standard InChI is InChI=1S/C16H30N4O7/c1-18(2)6-5-17-13(21)9-19(11-15(24)26-3)7-8-20(10-14(22)23)12-16(25)27-4/h5-12H2,1-4H3,(H,17,21)(H,22,23). The lowest BCUT2D eigenvalue weighted by Crippen LogP contribution is -2.46. The Balaban J connectivity index is 4.75. The molecule has 0 unspecified atom stereocenters. The third-order valence-electron chi connectivity index (χ3n) is 3.50. The summed E-state index contributed by atoms with van der Waals surface area (Å²) in [7, 11) is 6.22. The summed E-state index contributed by atoms with van der Waals surface area (Å²) >= 11 is 0. The monoisotopic (exact) mass is 390 g/mol. The first-order chi connectivity index (χ1) is 12.7. The number of carbonyl (C=O) groups excluding carboxylic acids is 3. The summed E-state index contributed by atoms with van der Waals surface area (Å²) in [6.45, 7) is 0.738. The first-order valence-corrected chi connectivity index (χ1v) is 8.39. The first-order valence-electron chi connectivity index (χ1n) is 8.39. The molecule has 0 spiro atoms.